The molecule has 0 aliphatic carbocycles. The molecule has 2 aliphatic rings. The molecule has 2 aromatic rings. The first-order chi connectivity index (χ1) is 19.8. The number of carbonyl (C=O) groups is 3. The second-order valence-corrected chi connectivity index (χ2v) is 15.1. The standard InChI is InChI=1S/C26H32ClN5O7S3/c1-18(33)29-19-6-9-22(10-7-19)42(38,39)28-16-20-4-2-14-32(20)25(34)17-31-13-3-5-23(26(31)35)30-41(36,37)15-12-21-8-11-24(27)40-21/h6-12,15,20,23,28,30H,2-5,13-14,16-17H2,1H3,(H,29,33)/b15-12+. The molecule has 3 N–H and O–H groups in total. The average molecular weight is 658 g/mol. The van der Waals surface area contributed by atoms with Crippen LogP contribution < -0.4 is 14.8 Å². The highest BCUT2D eigenvalue weighted by atomic mass is 35.5. The van der Waals surface area contributed by atoms with Crippen LogP contribution in [0, 0.1) is 0 Å². The Hall–Kier alpha value is -2.82. The van der Waals surface area contributed by atoms with E-state index in [1.54, 1.807) is 17.0 Å². The quantitative estimate of drug-likeness (QED) is 0.334. The highest BCUT2D eigenvalue weighted by molar-refractivity contribution is 7.92. The van der Waals surface area contributed by atoms with E-state index in [1.165, 1.54) is 53.5 Å². The number of piperidine rings is 1. The highest BCUT2D eigenvalue weighted by Crippen LogP contribution is 2.23. The van der Waals surface area contributed by atoms with Gasteiger partial charge in [0.05, 0.1) is 15.8 Å². The lowest BCUT2D eigenvalue weighted by molar-refractivity contribution is -0.143. The van der Waals surface area contributed by atoms with Crippen LogP contribution in [0.5, 0.6) is 0 Å². The SMILES string of the molecule is CC(=O)Nc1ccc(S(=O)(=O)NCC2CCCN2C(=O)CN2CCCC(NS(=O)(=O)/C=C/c3ccc(Cl)s3)C2=O)cc1. The second-order valence-electron chi connectivity index (χ2n) is 10.0. The number of likely N-dealkylation sites (tertiary alicyclic amines) is 2. The van der Waals surface area contributed by atoms with E-state index < -0.39 is 38.0 Å². The normalized spacial score (nSPS) is 19.9. The van der Waals surface area contributed by atoms with Crippen molar-refractivity contribution in [3.8, 4) is 0 Å². The van der Waals surface area contributed by atoms with Crippen molar-refractivity contribution in [3.63, 3.8) is 0 Å². The molecule has 0 radical (unpaired) electrons. The predicted molar refractivity (Wildman–Crippen MR) is 161 cm³/mol. The molecule has 228 valence electrons. The number of hydrogen-bond donors (Lipinski definition) is 3. The number of amides is 3. The van der Waals surface area contributed by atoms with E-state index in [-0.39, 0.29) is 29.8 Å². The summed E-state index contributed by atoms with van der Waals surface area (Å²) in [6.07, 6.45) is 3.49. The molecule has 4 rings (SSSR count). The fraction of sp³-hybridized carbons (Fsp3) is 0.423. The van der Waals surface area contributed by atoms with Crippen LogP contribution in [0.25, 0.3) is 6.08 Å². The molecule has 12 nitrogen and oxygen atoms in total. The Bertz CT molecular complexity index is 1560. The molecule has 3 amide bonds. The molecule has 0 saturated carbocycles. The Morgan fingerprint density at radius 3 is 2.43 bits per heavy atom. The molecule has 2 unspecified atom stereocenters. The minimum atomic E-state index is -3.92. The molecule has 1 aromatic carbocycles. The lowest BCUT2D eigenvalue weighted by Gasteiger charge is -2.34. The minimum Gasteiger partial charge on any atom is -0.337 e. The van der Waals surface area contributed by atoms with Crippen molar-refractivity contribution in [2.75, 3.05) is 31.5 Å². The molecule has 2 fully saturated rings. The van der Waals surface area contributed by atoms with Gasteiger partial charge in [-0.1, -0.05) is 11.6 Å². The van der Waals surface area contributed by atoms with Crippen LogP contribution in [0.4, 0.5) is 5.69 Å². The zero-order valence-electron chi connectivity index (χ0n) is 22.8. The summed E-state index contributed by atoms with van der Waals surface area (Å²) in [4.78, 5) is 41.1. The second kappa shape index (κ2) is 13.7. The Labute approximate surface area is 254 Å². The number of sulfonamides is 2. The molecule has 0 spiro atoms. The number of benzene rings is 1. The van der Waals surface area contributed by atoms with Crippen LogP contribution in [-0.4, -0.2) is 82.6 Å². The number of anilines is 1. The van der Waals surface area contributed by atoms with Crippen molar-refractivity contribution in [2.45, 2.75) is 49.6 Å². The summed E-state index contributed by atoms with van der Waals surface area (Å²) in [6, 6.07) is 7.68. The first kappa shape index (κ1) is 32.1. The Morgan fingerprint density at radius 1 is 1.05 bits per heavy atom. The van der Waals surface area contributed by atoms with E-state index in [0.717, 1.165) is 5.41 Å². The fourth-order valence-corrected chi connectivity index (χ4v) is 8.00. The summed E-state index contributed by atoms with van der Waals surface area (Å²) in [5.41, 5.74) is 0.469. The number of carbonyl (C=O) groups excluding carboxylic acids is 3. The Balaban J connectivity index is 1.32. The van der Waals surface area contributed by atoms with E-state index in [4.69, 9.17) is 11.6 Å². The van der Waals surface area contributed by atoms with Crippen molar-refractivity contribution >= 4 is 72.5 Å². The van der Waals surface area contributed by atoms with Crippen molar-refractivity contribution in [2.24, 2.45) is 0 Å². The number of hydrogen-bond acceptors (Lipinski definition) is 8. The smallest absolute Gasteiger partial charge is 0.242 e. The lowest BCUT2D eigenvalue weighted by atomic mass is 10.1. The Morgan fingerprint density at radius 2 is 1.76 bits per heavy atom. The van der Waals surface area contributed by atoms with E-state index in [9.17, 15) is 31.2 Å². The third-order valence-electron chi connectivity index (χ3n) is 6.86. The third-order valence-corrected chi connectivity index (χ3v) is 10.6. The fourth-order valence-electron chi connectivity index (χ4n) is 4.86. The molecule has 16 heteroatoms. The minimum absolute atomic E-state index is 0.000319. The summed E-state index contributed by atoms with van der Waals surface area (Å²) in [5.74, 6) is -1.08. The molecule has 2 aliphatic heterocycles. The van der Waals surface area contributed by atoms with Gasteiger partial charge in [0.25, 0.3) is 0 Å². The molecule has 3 heterocycles. The number of nitrogens with one attached hydrogen (secondary N) is 3. The van der Waals surface area contributed by atoms with Gasteiger partial charge in [-0.05, 0) is 68.2 Å². The van der Waals surface area contributed by atoms with Crippen molar-refractivity contribution in [1.82, 2.24) is 19.2 Å². The maximum absolute atomic E-state index is 13.2. The van der Waals surface area contributed by atoms with Gasteiger partial charge in [0.1, 0.15) is 6.04 Å². The molecule has 0 bridgehead atoms. The summed E-state index contributed by atoms with van der Waals surface area (Å²) in [6.45, 7) is 1.86. The third kappa shape index (κ3) is 8.61. The van der Waals surface area contributed by atoms with Crippen molar-refractivity contribution in [1.29, 1.82) is 0 Å². The van der Waals surface area contributed by atoms with Crippen LogP contribution in [0.2, 0.25) is 4.34 Å². The van der Waals surface area contributed by atoms with Crippen LogP contribution in [0.15, 0.2) is 46.7 Å². The number of nitrogens with zero attached hydrogens (tertiary/aromatic N) is 2. The Kier molecular flexibility index (Phi) is 10.4. The lowest BCUT2D eigenvalue weighted by Crippen LogP contribution is -2.55. The van der Waals surface area contributed by atoms with Crippen LogP contribution in [0.1, 0.15) is 37.5 Å². The predicted octanol–water partition coefficient (Wildman–Crippen LogP) is 2.21. The molecule has 2 atom stereocenters. The average Bonchev–Trinajstić information content (AvgIpc) is 3.57. The molecular formula is C26H32ClN5O7S3. The van der Waals surface area contributed by atoms with Gasteiger partial charge in [-0.15, -0.1) is 11.3 Å². The van der Waals surface area contributed by atoms with Gasteiger partial charge in [0.2, 0.25) is 37.8 Å². The molecular weight excluding hydrogens is 626 g/mol. The summed E-state index contributed by atoms with van der Waals surface area (Å²) in [5, 5.41) is 3.56. The van der Waals surface area contributed by atoms with Crippen molar-refractivity contribution < 1.29 is 31.2 Å². The molecule has 2 saturated heterocycles. The first-order valence-corrected chi connectivity index (χ1v) is 17.5. The zero-order chi connectivity index (χ0) is 30.5. The van der Waals surface area contributed by atoms with Gasteiger partial charge in [-0.25, -0.2) is 21.6 Å². The van der Waals surface area contributed by atoms with Crippen LogP contribution >= 0.6 is 22.9 Å². The maximum atomic E-state index is 13.2. The maximum Gasteiger partial charge on any atom is 0.242 e. The van der Waals surface area contributed by atoms with Gasteiger partial charge < -0.3 is 15.1 Å². The van der Waals surface area contributed by atoms with E-state index in [0.29, 0.717) is 53.7 Å². The molecule has 42 heavy (non-hydrogen) atoms. The summed E-state index contributed by atoms with van der Waals surface area (Å²) < 4.78 is 56.3. The topological polar surface area (TPSA) is 162 Å². The monoisotopic (exact) mass is 657 g/mol. The molecule has 1 aromatic heterocycles. The van der Waals surface area contributed by atoms with Gasteiger partial charge in [0, 0.05) is 48.6 Å². The van der Waals surface area contributed by atoms with Gasteiger partial charge >= 0.3 is 0 Å². The summed E-state index contributed by atoms with van der Waals surface area (Å²) >= 11 is 7.10. The zero-order valence-corrected chi connectivity index (χ0v) is 26.0. The number of thiophene rings is 1. The number of halogens is 1. The van der Waals surface area contributed by atoms with Gasteiger partial charge in [0.15, 0.2) is 0 Å². The highest BCUT2D eigenvalue weighted by Gasteiger charge is 2.35. The van der Waals surface area contributed by atoms with E-state index in [2.05, 4.69) is 14.8 Å². The van der Waals surface area contributed by atoms with Crippen molar-refractivity contribution in [3.05, 3.63) is 51.0 Å². The van der Waals surface area contributed by atoms with Crippen LogP contribution in [-0.2, 0) is 34.4 Å². The van der Waals surface area contributed by atoms with Gasteiger partial charge in [-0.3, -0.25) is 14.4 Å². The van der Waals surface area contributed by atoms with Gasteiger partial charge in [-0.2, -0.15) is 4.72 Å². The summed E-state index contributed by atoms with van der Waals surface area (Å²) in [7, 11) is -7.79. The number of rotatable bonds is 11. The van der Waals surface area contributed by atoms with Crippen LogP contribution in [0.3, 0.4) is 0 Å². The van der Waals surface area contributed by atoms with E-state index in [1.807, 2.05) is 0 Å². The van der Waals surface area contributed by atoms with E-state index >= 15 is 0 Å². The largest absolute Gasteiger partial charge is 0.337 e. The first-order valence-electron chi connectivity index (χ1n) is 13.2.